The Labute approximate surface area is 273 Å². The molecule has 2 aliphatic heterocycles. The molecule has 2 aliphatic rings. The molecule has 0 aliphatic carbocycles. The van der Waals surface area contributed by atoms with Gasteiger partial charge in [0.25, 0.3) is 0 Å². The summed E-state index contributed by atoms with van der Waals surface area (Å²) in [5.74, 6) is -0.705. The van der Waals surface area contributed by atoms with E-state index in [1.54, 1.807) is 20.8 Å². The first-order valence-electron chi connectivity index (χ1n) is 14.1. The highest BCUT2D eigenvalue weighted by Gasteiger charge is 2.47. The molecule has 1 saturated heterocycles. The second kappa shape index (κ2) is 18.2. The van der Waals surface area contributed by atoms with Crippen LogP contribution in [-0.4, -0.2) is 88.8 Å². The molecule has 1 aromatic rings. The van der Waals surface area contributed by atoms with Gasteiger partial charge in [0.1, 0.15) is 17.6 Å². The Morgan fingerprint density at radius 1 is 1.22 bits per heavy atom. The van der Waals surface area contributed by atoms with Crippen LogP contribution in [-0.2, 0) is 44.0 Å². The number of nitrogens with one attached hydrogen (secondary N) is 2. The average Bonchev–Trinajstić information content (AvgIpc) is 3.26. The first kappa shape index (κ1) is 38.9. The molecule has 0 spiro atoms. The number of benzene rings is 1. The van der Waals surface area contributed by atoms with Crippen molar-refractivity contribution in [1.29, 1.82) is 0 Å². The van der Waals surface area contributed by atoms with Gasteiger partial charge in [0.2, 0.25) is 5.91 Å². The van der Waals surface area contributed by atoms with Crippen molar-refractivity contribution in [2.45, 2.75) is 71.4 Å². The SMILES string of the molecule is C.CCOC(=O)NCCC(C)(C)C(=O)SCCOP(=O)(NCc1ccccc1)OC[C@H]1O[C@@H](N2C=CC(=O)CC2=O)[C@H](Cl)[C@@H]1O. The van der Waals surface area contributed by atoms with Crippen molar-refractivity contribution in [2.24, 2.45) is 5.41 Å². The molecule has 0 bridgehead atoms. The lowest BCUT2D eigenvalue weighted by Crippen LogP contribution is -2.44. The maximum absolute atomic E-state index is 13.7. The third-order valence-electron chi connectivity index (χ3n) is 6.76. The monoisotopic (exact) mass is 691 g/mol. The molecule has 1 fully saturated rings. The summed E-state index contributed by atoms with van der Waals surface area (Å²) in [6, 6.07) is 9.14. The molecule has 3 N–H and O–H groups in total. The largest absolute Gasteiger partial charge is 0.450 e. The first-order chi connectivity index (χ1) is 20.8. The molecule has 1 unspecified atom stereocenters. The minimum absolute atomic E-state index is 0. The molecule has 252 valence electrons. The van der Waals surface area contributed by atoms with Gasteiger partial charge in [-0.1, -0.05) is 63.4 Å². The fourth-order valence-corrected chi connectivity index (χ4v) is 6.79. The Balaban J connectivity index is 0.00000705. The topological polar surface area (TPSA) is 170 Å². The highest BCUT2D eigenvalue weighted by molar-refractivity contribution is 8.13. The van der Waals surface area contributed by atoms with Gasteiger partial charge in [0.15, 0.2) is 17.1 Å². The number of alkyl halides is 1. The number of amides is 2. The van der Waals surface area contributed by atoms with Crippen LogP contribution in [0.2, 0.25) is 0 Å². The maximum Gasteiger partial charge on any atom is 0.407 e. The maximum atomic E-state index is 13.7. The van der Waals surface area contributed by atoms with E-state index in [1.165, 1.54) is 12.3 Å². The van der Waals surface area contributed by atoms with Crippen molar-refractivity contribution in [1.82, 2.24) is 15.3 Å². The van der Waals surface area contributed by atoms with E-state index in [-0.39, 0.29) is 56.8 Å². The summed E-state index contributed by atoms with van der Waals surface area (Å²) < 4.78 is 35.6. The minimum atomic E-state index is -4.00. The smallest absolute Gasteiger partial charge is 0.407 e. The van der Waals surface area contributed by atoms with E-state index in [4.69, 9.17) is 30.1 Å². The van der Waals surface area contributed by atoms with Gasteiger partial charge < -0.3 is 19.9 Å². The third-order valence-corrected chi connectivity index (χ3v) is 9.97. The number of aliphatic hydroxyl groups excluding tert-OH is 1. The van der Waals surface area contributed by atoms with Crippen molar-refractivity contribution in [3.63, 3.8) is 0 Å². The number of allylic oxidation sites excluding steroid dienone is 1. The van der Waals surface area contributed by atoms with Gasteiger partial charge in [-0.25, -0.2) is 14.4 Å². The van der Waals surface area contributed by atoms with Crippen LogP contribution < -0.4 is 10.4 Å². The van der Waals surface area contributed by atoms with E-state index in [2.05, 4.69) is 10.4 Å². The second-order valence-electron chi connectivity index (χ2n) is 10.6. The number of alkyl carbamates (subject to hydrolysis) is 1. The van der Waals surface area contributed by atoms with Crippen LogP contribution in [0.5, 0.6) is 0 Å². The fraction of sp³-hybridized carbons (Fsp3) is 0.586. The van der Waals surface area contributed by atoms with Crippen LogP contribution in [0.3, 0.4) is 0 Å². The average molecular weight is 692 g/mol. The Morgan fingerprint density at radius 2 is 1.93 bits per heavy atom. The van der Waals surface area contributed by atoms with E-state index >= 15 is 0 Å². The molecule has 2 amide bonds. The number of hydrogen-bond donors (Lipinski definition) is 3. The molecule has 13 nitrogen and oxygen atoms in total. The Kier molecular flexibility index (Phi) is 15.7. The summed E-state index contributed by atoms with van der Waals surface area (Å²) in [5, 5.41) is 14.9. The van der Waals surface area contributed by atoms with Crippen molar-refractivity contribution in [2.75, 3.05) is 32.1 Å². The number of ketones is 1. The normalized spacial score (nSPS) is 22.9. The van der Waals surface area contributed by atoms with Gasteiger partial charge in [-0.05, 0) is 25.0 Å². The lowest BCUT2D eigenvalue weighted by Gasteiger charge is -2.28. The predicted molar refractivity (Wildman–Crippen MR) is 170 cm³/mol. The quantitative estimate of drug-likeness (QED) is 0.0988. The number of aliphatic hydroxyl groups is 1. The van der Waals surface area contributed by atoms with Gasteiger partial charge >= 0.3 is 13.8 Å². The molecule has 0 saturated carbocycles. The number of halogens is 1. The minimum Gasteiger partial charge on any atom is -0.450 e. The second-order valence-corrected chi connectivity index (χ2v) is 14.0. The Hall–Kier alpha value is -2.29. The molecule has 0 radical (unpaired) electrons. The molecule has 2 heterocycles. The number of rotatable bonds is 16. The van der Waals surface area contributed by atoms with Gasteiger partial charge in [-0.2, -0.15) is 0 Å². The summed E-state index contributed by atoms with van der Waals surface area (Å²) in [5.41, 5.74) is 0.0595. The first-order valence-corrected chi connectivity index (χ1v) is 17.1. The lowest BCUT2D eigenvalue weighted by atomic mass is 9.91. The van der Waals surface area contributed by atoms with E-state index in [0.29, 0.717) is 6.42 Å². The van der Waals surface area contributed by atoms with Crippen molar-refractivity contribution >= 4 is 54.0 Å². The lowest BCUT2D eigenvalue weighted by molar-refractivity contribution is -0.143. The molecule has 45 heavy (non-hydrogen) atoms. The fourth-order valence-electron chi connectivity index (χ4n) is 4.17. The van der Waals surface area contributed by atoms with Gasteiger partial charge in [-0.15, -0.1) is 11.6 Å². The molecule has 1 aromatic carbocycles. The van der Waals surface area contributed by atoms with E-state index in [9.17, 15) is 28.8 Å². The number of ether oxygens (including phenoxy) is 2. The molecule has 5 atom stereocenters. The summed E-state index contributed by atoms with van der Waals surface area (Å²) >= 11 is 7.36. The van der Waals surface area contributed by atoms with Gasteiger partial charge in [-0.3, -0.25) is 28.3 Å². The van der Waals surface area contributed by atoms with Crippen molar-refractivity contribution in [3.8, 4) is 0 Å². The zero-order chi connectivity index (χ0) is 32.3. The standard InChI is InChI=1S/C28H39ClN3O10PS.CH4/c1-4-39-27(37)30-12-11-28(2,3)26(36)44-15-14-40-43(38,31-17-19-8-6-5-7-9-19)41-18-21-24(35)23(29)25(42-21)32-13-10-20(33)16-22(32)34;/h5-10,13,21,23-25,35H,4,11-12,14-18H2,1-3H3,(H,30,37)(H,31,38);1H4/t21-,23-,24-,25-,43?;/m1./s1. The van der Waals surface area contributed by atoms with Crippen LogP contribution in [0.15, 0.2) is 42.6 Å². The zero-order valence-electron chi connectivity index (χ0n) is 24.8. The molecule has 0 aromatic heterocycles. The highest BCUT2D eigenvalue weighted by atomic mass is 35.5. The summed E-state index contributed by atoms with van der Waals surface area (Å²) in [7, 11) is -4.00. The summed E-state index contributed by atoms with van der Waals surface area (Å²) in [6.07, 6.45) is -1.41. The third kappa shape index (κ3) is 11.8. The molecular weight excluding hydrogens is 649 g/mol. The van der Waals surface area contributed by atoms with Crippen LogP contribution >= 0.6 is 31.1 Å². The molecule has 16 heteroatoms. The zero-order valence-corrected chi connectivity index (χ0v) is 27.3. The van der Waals surface area contributed by atoms with Crippen LogP contribution in [0.4, 0.5) is 4.79 Å². The summed E-state index contributed by atoms with van der Waals surface area (Å²) in [4.78, 5) is 49.3. The van der Waals surface area contributed by atoms with Gasteiger partial charge in [0.05, 0.1) is 26.2 Å². The van der Waals surface area contributed by atoms with Crippen LogP contribution in [0.25, 0.3) is 0 Å². The van der Waals surface area contributed by atoms with Gasteiger partial charge in [0, 0.05) is 30.5 Å². The summed E-state index contributed by atoms with van der Waals surface area (Å²) in [6.45, 7) is 5.38. The van der Waals surface area contributed by atoms with Crippen LogP contribution in [0.1, 0.15) is 46.6 Å². The van der Waals surface area contributed by atoms with E-state index in [0.717, 1.165) is 22.2 Å². The van der Waals surface area contributed by atoms with Crippen molar-refractivity contribution < 1.29 is 47.4 Å². The number of thioether (sulfide) groups is 1. The van der Waals surface area contributed by atoms with Crippen LogP contribution in [0, 0.1) is 5.41 Å². The highest BCUT2D eigenvalue weighted by Crippen LogP contribution is 2.45. The number of nitrogens with zero attached hydrogens (tertiary/aromatic N) is 1. The number of carbonyl (C=O) groups excluding carboxylic acids is 4. The predicted octanol–water partition coefficient (Wildman–Crippen LogP) is 3.98. The van der Waals surface area contributed by atoms with E-state index in [1.807, 2.05) is 30.3 Å². The Morgan fingerprint density at radius 3 is 2.60 bits per heavy atom. The van der Waals surface area contributed by atoms with Crippen molar-refractivity contribution in [3.05, 3.63) is 48.2 Å². The number of hydrogen-bond acceptors (Lipinski definition) is 11. The number of carbonyl (C=O) groups is 4. The molecular formula is C29H43ClN3O10PS. The Bertz CT molecular complexity index is 1240. The molecule has 3 rings (SSSR count). The van der Waals surface area contributed by atoms with E-state index < -0.39 is 55.6 Å².